The van der Waals surface area contributed by atoms with E-state index < -0.39 is 0 Å². The van der Waals surface area contributed by atoms with Crippen molar-refractivity contribution in [3.05, 3.63) is 114 Å². The number of hydrogen-bond donors (Lipinski definition) is 1. The second-order valence-corrected chi connectivity index (χ2v) is 6.88. The van der Waals surface area contributed by atoms with Gasteiger partial charge in [0.25, 0.3) is 0 Å². The van der Waals surface area contributed by atoms with Crippen molar-refractivity contribution in [1.82, 2.24) is 14.5 Å². The zero-order chi connectivity index (χ0) is 20.3. The van der Waals surface area contributed by atoms with Gasteiger partial charge in [-0.2, -0.15) is 0 Å². The summed E-state index contributed by atoms with van der Waals surface area (Å²) < 4.78 is 2.06. The topological polar surface area (TPSA) is 59.8 Å². The number of nitrogens with zero attached hydrogens (tertiary/aromatic N) is 3. The summed E-state index contributed by atoms with van der Waals surface area (Å²) in [6, 6.07) is 25.3. The molecule has 5 aromatic rings. The van der Waals surface area contributed by atoms with Crippen molar-refractivity contribution in [1.29, 1.82) is 0 Å². The third-order valence-corrected chi connectivity index (χ3v) is 4.95. The van der Waals surface area contributed by atoms with E-state index in [4.69, 9.17) is 0 Å². The van der Waals surface area contributed by atoms with Crippen LogP contribution in [0.4, 0.5) is 11.5 Å². The van der Waals surface area contributed by atoms with Crippen LogP contribution in [0.3, 0.4) is 0 Å². The Morgan fingerprint density at radius 2 is 1.53 bits per heavy atom. The van der Waals surface area contributed by atoms with E-state index in [-0.39, 0.29) is 5.43 Å². The van der Waals surface area contributed by atoms with Gasteiger partial charge in [0.15, 0.2) is 5.43 Å². The van der Waals surface area contributed by atoms with Crippen molar-refractivity contribution in [2.75, 3.05) is 5.32 Å². The molecule has 0 atom stereocenters. The minimum atomic E-state index is -0.0890. The van der Waals surface area contributed by atoms with Crippen LogP contribution in [0.25, 0.3) is 27.7 Å². The van der Waals surface area contributed by atoms with E-state index in [2.05, 4.69) is 19.9 Å². The van der Waals surface area contributed by atoms with E-state index in [9.17, 15) is 4.79 Å². The first-order chi connectivity index (χ1) is 14.8. The van der Waals surface area contributed by atoms with E-state index in [0.29, 0.717) is 11.2 Å². The molecule has 0 aliphatic heterocycles. The lowest BCUT2D eigenvalue weighted by Gasteiger charge is -2.20. The number of fused-ring (bicyclic) bond motifs is 1. The molecule has 0 unspecified atom stereocenters. The molecule has 0 aliphatic rings. The fraction of sp³-hybridized carbons (Fsp3) is 0. The average Bonchev–Trinajstić information content (AvgIpc) is 2.81. The third-order valence-electron chi connectivity index (χ3n) is 4.95. The molecule has 5 rings (SSSR count). The van der Waals surface area contributed by atoms with Crippen molar-refractivity contribution in [3.8, 4) is 16.8 Å². The molecule has 3 heterocycles. The Balaban J connectivity index is 1.88. The highest BCUT2D eigenvalue weighted by Crippen LogP contribution is 2.31. The van der Waals surface area contributed by atoms with Gasteiger partial charge in [0.1, 0.15) is 5.82 Å². The molecule has 5 heteroatoms. The highest BCUT2D eigenvalue weighted by atomic mass is 16.1. The standard InChI is InChI=1S/C25H18N4O/c30-23-14-24(28-19-9-3-1-4-10-19)29(20-11-5-2-6-12-20)25-21(16-27-17-22(23)25)18-8-7-13-26-15-18/h1-17,28H. The summed E-state index contributed by atoms with van der Waals surface area (Å²) >= 11 is 0. The third kappa shape index (κ3) is 3.22. The van der Waals surface area contributed by atoms with Crippen LogP contribution in [0, 0.1) is 0 Å². The lowest BCUT2D eigenvalue weighted by molar-refractivity contribution is 1.10. The van der Waals surface area contributed by atoms with Gasteiger partial charge in [-0.3, -0.25) is 19.3 Å². The predicted molar refractivity (Wildman–Crippen MR) is 120 cm³/mol. The number of nitrogens with one attached hydrogen (secondary N) is 1. The van der Waals surface area contributed by atoms with Crippen molar-refractivity contribution < 1.29 is 0 Å². The number of benzene rings is 2. The maximum absolute atomic E-state index is 13.0. The van der Waals surface area contributed by atoms with Crippen LogP contribution in [0.2, 0.25) is 0 Å². The number of hydrogen-bond acceptors (Lipinski definition) is 4. The van der Waals surface area contributed by atoms with Gasteiger partial charge in [0.2, 0.25) is 0 Å². The minimum absolute atomic E-state index is 0.0890. The molecule has 5 nitrogen and oxygen atoms in total. The lowest BCUT2D eigenvalue weighted by atomic mass is 10.1. The van der Waals surface area contributed by atoms with Crippen LogP contribution >= 0.6 is 0 Å². The van der Waals surface area contributed by atoms with Crippen LogP contribution in [0.15, 0.2) is 108 Å². The normalized spacial score (nSPS) is 10.8. The van der Waals surface area contributed by atoms with E-state index in [1.165, 1.54) is 0 Å². The highest BCUT2D eigenvalue weighted by molar-refractivity contribution is 5.95. The second-order valence-electron chi connectivity index (χ2n) is 6.88. The second kappa shape index (κ2) is 7.64. The molecule has 30 heavy (non-hydrogen) atoms. The van der Waals surface area contributed by atoms with Crippen LogP contribution < -0.4 is 10.7 Å². The highest BCUT2D eigenvalue weighted by Gasteiger charge is 2.16. The summed E-state index contributed by atoms with van der Waals surface area (Å²) in [7, 11) is 0. The molecule has 0 saturated carbocycles. The summed E-state index contributed by atoms with van der Waals surface area (Å²) in [6.45, 7) is 0. The first kappa shape index (κ1) is 17.8. The fourth-order valence-electron chi connectivity index (χ4n) is 3.60. The summed E-state index contributed by atoms with van der Waals surface area (Å²) in [4.78, 5) is 21.6. The maximum atomic E-state index is 13.0. The largest absolute Gasteiger partial charge is 0.341 e. The minimum Gasteiger partial charge on any atom is -0.341 e. The summed E-state index contributed by atoms with van der Waals surface area (Å²) in [5, 5.41) is 3.96. The molecule has 3 aromatic heterocycles. The first-order valence-electron chi connectivity index (χ1n) is 9.63. The molecule has 144 valence electrons. The number of anilines is 2. The molecule has 0 amide bonds. The van der Waals surface area contributed by atoms with Crippen LogP contribution in [-0.4, -0.2) is 14.5 Å². The lowest BCUT2D eigenvalue weighted by Crippen LogP contribution is -2.13. The Kier molecular flexibility index (Phi) is 4.54. The molecule has 0 spiro atoms. The van der Waals surface area contributed by atoms with E-state index in [1.54, 1.807) is 30.9 Å². The van der Waals surface area contributed by atoms with Gasteiger partial charge in [-0.05, 0) is 30.3 Å². The van der Waals surface area contributed by atoms with Crippen LogP contribution in [-0.2, 0) is 0 Å². The SMILES string of the molecule is O=c1cc(Nc2ccccc2)n(-c2ccccc2)c2c(-c3cccnc3)cncc12. The molecule has 0 fully saturated rings. The Labute approximate surface area is 173 Å². The van der Waals surface area contributed by atoms with Crippen molar-refractivity contribution in [2.45, 2.75) is 0 Å². The number of para-hydroxylation sites is 2. The molecule has 0 aliphatic carbocycles. The van der Waals surface area contributed by atoms with Crippen molar-refractivity contribution in [3.63, 3.8) is 0 Å². The van der Waals surface area contributed by atoms with Gasteiger partial charge >= 0.3 is 0 Å². The van der Waals surface area contributed by atoms with Gasteiger partial charge in [0.05, 0.1) is 10.9 Å². The fourth-order valence-corrected chi connectivity index (χ4v) is 3.60. The van der Waals surface area contributed by atoms with Crippen molar-refractivity contribution >= 4 is 22.4 Å². The van der Waals surface area contributed by atoms with Gasteiger partial charge < -0.3 is 5.32 Å². The smallest absolute Gasteiger partial charge is 0.193 e. The first-order valence-corrected chi connectivity index (χ1v) is 9.63. The molecular weight excluding hydrogens is 372 g/mol. The maximum Gasteiger partial charge on any atom is 0.193 e. The van der Waals surface area contributed by atoms with E-state index >= 15 is 0 Å². The zero-order valence-corrected chi connectivity index (χ0v) is 16.1. The molecule has 0 radical (unpaired) electrons. The molecule has 0 bridgehead atoms. The molecule has 1 N–H and O–H groups in total. The number of pyridine rings is 3. The molecular formula is C25H18N4O. The van der Waals surface area contributed by atoms with E-state index in [0.717, 1.165) is 28.0 Å². The Morgan fingerprint density at radius 3 is 2.27 bits per heavy atom. The van der Waals surface area contributed by atoms with Gasteiger partial charge in [-0.1, -0.05) is 42.5 Å². The molecule has 2 aromatic carbocycles. The Bertz CT molecular complexity index is 1360. The summed E-state index contributed by atoms with van der Waals surface area (Å²) in [6.07, 6.45) is 6.93. The van der Waals surface area contributed by atoms with Crippen LogP contribution in [0.1, 0.15) is 0 Å². The Hall–Kier alpha value is -4.25. The Morgan fingerprint density at radius 1 is 0.767 bits per heavy atom. The average molecular weight is 390 g/mol. The summed E-state index contributed by atoms with van der Waals surface area (Å²) in [5.41, 5.74) is 4.29. The van der Waals surface area contributed by atoms with Crippen LogP contribution in [0.5, 0.6) is 0 Å². The van der Waals surface area contributed by atoms with Gasteiger partial charge in [-0.25, -0.2) is 0 Å². The summed E-state index contributed by atoms with van der Waals surface area (Å²) in [5.74, 6) is 0.682. The van der Waals surface area contributed by atoms with Crippen molar-refractivity contribution in [2.24, 2.45) is 0 Å². The molecule has 0 saturated heterocycles. The predicted octanol–water partition coefficient (Wildman–Crippen LogP) is 5.19. The zero-order valence-electron chi connectivity index (χ0n) is 16.1. The van der Waals surface area contributed by atoms with Gasteiger partial charge in [-0.15, -0.1) is 0 Å². The monoisotopic (exact) mass is 390 g/mol. The van der Waals surface area contributed by atoms with E-state index in [1.807, 2.05) is 72.8 Å². The number of rotatable bonds is 4. The van der Waals surface area contributed by atoms with Gasteiger partial charge in [0, 0.05) is 53.4 Å². The quantitative estimate of drug-likeness (QED) is 0.459. The number of aromatic nitrogens is 3.